The Hall–Kier alpha value is -2.58. The summed E-state index contributed by atoms with van der Waals surface area (Å²) in [5.41, 5.74) is -1.63. The Kier molecular flexibility index (Phi) is 3.27. The van der Waals surface area contributed by atoms with E-state index in [1.54, 1.807) is 16.8 Å². The molecule has 1 aliphatic rings. The second kappa shape index (κ2) is 5.00. The van der Waals surface area contributed by atoms with E-state index in [1.807, 2.05) is 0 Å². The van der Waals surface area contributed by atoms with E-state index in [0.29, 0.717) is 5.56 Å². The largest absolute Gasteiger partial charge is 0.375 e. The Morgan fingerprint density at radius 3 is 2.82 bits per heavy atom. The van der Waals surface area contributed by atoms with Crippen LogP contribution in [0.3, 0.4) is 0 Å². The number of nitro groups is 1. The lowest BCUT2D eigenvalue weighted by Crippen LogP contribution is -2.36. The number of carbonyl (C=O) groups excluding carboxylic acids is 2. The quantitative estimate of drug-likeness (QED) is 0.509. The topological polar surface area (TPSA) is 110 Å². The van der Waals surface area contributed by atoms with Crippen LogP contribution in [-0.4, -0.2) is 21.7 Å². The Labute approximate surface area is 128 Å². The monoisotopic (exact) mass is 318 g/mol. The summed E-state index contributed by atoms with van der Waals surface area (Å²) in [7, 11) is 0. The smallest absolute Gasteiger partial charge is 0.269 e. The fraction of sp³-hybridized carbons (Fsp3) is 0.143. The highest BCUT2D eigenvalue weighted by Crippen LogP contribution is 2.40. The number of amides is 1. The number of aliphatic hydroxyl groups is 1. The van der Waals surface area contributed by atoms with Crippen molar-refractivity contribution in [1.82, 2.24) is 0 Å². The molecule has 0 saturated carbocycles. The van der Waals surface area contributed by atoms with E-state index >= 15 is 0 Å². The number of ketones is 1. The first kappa shape index (κ1) is 14.4. The van der Waals surface area contributed by atoms with Crippen molar-refractivity contribution in [3.63, 3.8) is 0 Å². The molecule has 7 nitrogen and oxygen atoms in total. The Balaban J connectivity index is 2.00. The third-order valence-electron chi connectivity index (χ3n) is 3.54. The molecule has 0 saturated heterocycles. The maximum absolute atomic E-state index is 12.2. The molecule has 2 N–H and O–H groups in total. The molecule has 1 aromatic heterocycles. The van der Waals surface area contributed by atoms with E-state index in [0.717, 1.165) is 6.07 Å². The van der Waals surface area contributed by atoms with Crippen LogP contribution in [0.15, 0.2) is 35.0 Å². The number of benzene rings is 1. The third kappa shape index (κ3) is 2.18. The number of nitrogens with zero attached hydrogens (tertiary/aromatic N) is 1. The molecule has 0 fully saturated rings. The summed E-state index contributed by atoms with van der Waals surface area (Å²) < 4.78 is 0. The Morgan fingerprint density at radius 2 is 2.18 bits per heavy atom. The van der Waals surface area contributed by atoms with Crippen molar-refractivity contribution >= 4 is 34.4 Å². The number of anilines is 1. The number of Topliss-reactive ketones (excluding diaryl/α,β-unsaturated/α-hetero) is 1. The van der Waals surface area contributed by atoms with Crippen LogP contribution in [0, 0.1) is 10.1 Å². The Bertz CT molecular complexity index is 787. The van der Waals surface area contributed by atoms with Crippen LogP contribution in [0.2, 0.25) is 0 Å². The highest BCUT2D eigenvalue weighted by Gasteiger charge is 2.47. The predicted octanol–water partition coefficient (Wildman–Crippen LogP) is 2.07. The van der Waals surface area contributed by atoms with Crippen LogP contribution in [0.25, 0.3) is 0 Å². The maximum Gasteiger partial charge on any atom is 0.269 e. The summed E-state index contributed by atoms with van der Waals surface area (Å²) in [6.07, 6.45) is -0.469. The zero-order valence-electron chi connectivity index (χ0n) is 11.1. The standard InChI is InChI=1S/C14H10N2O5S/c17-12(8-3-4-22-7-8)6-14(19)10-5-9(16(20)21)1-2-11(10)15-13(14)18/h1-5,7,19H,6H2,(H,15,18). The molecule has 8 heteroatoms. The summed E-state index contributed by atoms with van der Waals surface area (Å²) in [5, 5.41) is 27.3. The minimum absolute atomic E-state index is 0.0512. The predicted molar refractivity (Wildman–Crippen MR) is 78.9 cm³/mol. The number of fused-ring (bicyclic) bond motifs is 1. The lowest BCUT2D eigenvalue weighted by Gasteiger charge is -2.19. The van der Waals surface area contributed by atoms with E-state index in [-0.39, 0.29) is 16.9 Å². The first-order chi connectivity index (χ1) is 10.4. The van der Waals surface area contributed by atoms with Crippen molar-refractivity contribution in [2.75, 3.05) is 5.32 Å². The maximum atomic E-state index is 12.2. The summed E-state index contributed by atoms with van der Waals surface area (Å²) in [4.78, 5) is 34.5. The molecule has 0 spiro atoms. The van der Waals surface area contributed by atoms with Crippen LogP contribution in [-0.2, 0) is 10.4 Å². The lowest BCUT2D eigenvalue weighted by atomic mass is 9.88. The molecule has 2 heterocycles. The SMILES string of the molecule is O=C(CC1(O)C(=O)Nc2ccc([N+](=O)[O-])cc21)c1ccsc1. The molecule has 1 aliphatic heterocycles. The molecule has 1 unspecified atom stereocenters. The van der Waals surface area contributed by atoms with Gasteiger partial charge in [0, 0.05) is 34.3 Å². The molecule has 22 heavy (non-hydrogen) atoms. The summed E-state index contributed by atoms with van der Waals surface area (Å²) in [6, 6.07) is 5.29. The number of nitrogens with one attached hydrogen (secondary N) is 1. The van der Waals surface area contributed by atoms with Crippen LogP contribution < -0.4 is 5.32 Å². The second-order valence-electron chi connectivity index (χ2n) is 4.91. The molecule has 0 bridgehead atoms. The first-order valence-electron chi connectivity index (χ1n) is 6.30. The molecule has 112 valence electrons. The van der Waals surface area contributed by atoms with Crippen molar-refractivity contribution in [2.45, 2.75) is 12.0 Å². The molecular weight excluding hydrogens is 308 g/mol. The number of hydrogen-bond donors (Lipinski definition) is 2. The van der Waals surface area contributed by atoms with Gasteiger partial charge in [-0.3, -0.25) is 19.7 Å². The second-order valence-corrected chi connectivity index (χ2v) is 5.69. The van der Waals surface area contributed by atoms with Gasteiger partial charge in [-0.1, -0.05) is 0 Å². The molecule has 3 rings (SSSR count). The molecule has 0 aliphatic carbocycles. The van der Waals surface area contributed by atoms with Gasteiger partial charge in [0.25, 0.3) is 11.6 Å². The van der Waals surface area contributed by atoms with Crippen molar-refractivity contribution in [3.05, 3.63) is 56.3 Å². The fourth-order valence-electron chi connectivity index (χ4n) is 2.38. The number of rotatable bonds is 4. The van der Waals surface area contributed by atoms with Crippen LogP contribution in [0.5, 0.6) is 0 Å². The highest BCUT2D eigenvalue weighted by atomic mass is 32.1. The minimum Gasteiger partial charge on any atom is -0.375 e. The average Bonchev–Trinajstić information content (AvgIpc) is 3.07. The molecule has 2 aromatic rings. The molecule has 1 amide bonds. The molecule has 0 radical (unpaired) electrons. The minimum atomic E-state index is -2.10. The van der Waals surface area contributed by atoms with Crippen LogP contribution >= 0.6 is 11.3 Å². The van der Waals surface area contributed by atoms with Gasteiger partial charge >= 0.3 is 0 Å². The summed E-state index contributed by atoms with van der Waals surface area (Å²) >= 11 is 1.33. The number of thiophene rings is 1. The van der Waals surface area contributed by atoms with Crippen LogP contribution in [0.1, 0.15) is 22.3 Å². The molecule has 1 atom stereocenters. The van der Waals surface area contributed by atoms with Crippen LogP contribution in [0.4, 0.5) is 11.4 Å². The first-order valence-corrected chi connectivity index (χ1v) is 7.24. The number of hydrogen-bond acceptors (Lipinski definition) is 6. The van der Waals surface area contributed by atoms with Crippen molar-refractivity contribution in [3.8, 4) is 0 Å². The van der Waals surface area contributed by atoms with Gasteiger partial charge in [-0.15, -0.1) is 0 Å². The normalized spacial score (nSPS) is 19.6. The zero-order valence-corrected chi connectivity index (χ0v) is 11.9. The van der Waals surface area contributed by atoms with E-state index in [9.17, 15) is 24.8 Å². The molecule has 1 aromatic carbocycles. The van der Waals surface area contributed by atoms with Gasteiger partial charge in [0.1, 0.15) is 0 Å². The summed E-state index contributed by atoms with van der Waals surface area (Å²) in [6.45, 7) is 0. The van der Waals surface area contributed by atoms with Gasteiger partial charge < -0.3 is 10.4 Å². The van der Waals surface area contributed by atoms with Crippen molar-refractivity contribution in [2.24, 2.45) is 0 Å². The Morgan fingerprint density at radius 1 is 1.41 bits per heavy atom. The van der Waals surface area contributed by atoms with E-state index < -0.39 is 28.6 Å². The van der Waals surface area contributed by atoms with Gasteiger partial charge in [0.05, 0.1) is 11.3 Å². The number of carbonyl (C=O) groups is 2. The number of non-ortho nitro benzene ring substituents is 1. The van der Waals surface area contributed by atoms with E-state index in [1.165, 1.54) is 23.5 Å². The highest BCUT2D eigenvalue weighted by molar-refractivity contribution is 7.08. The number of nitro benzene ring substituents is 1. The average molecular weight is 318 g/mol. The van der Waals surface area contributed by atoms with Gasteiger partial charge in [-0.2, -0.15) is 11.3 Å². The fourth-order valence-corrected chi connectivity index (χ4v) is 3.04. The summed E-state index contributed by atoms with van der Waals surface area (Å²) in [5.74, 6) is -1.16. The van der Waals surface area contributed by atoms with Gasteiger partial charge in [0.2, 0.25) is 0 Å². The molecular formula is C14H10N2O5S. The van der Waals surface area contributed by atoms with Gasteiger partial charge in [-0.05, 0) is 17.5 Å². The van der Waals surface area contributed by atoms with Crippen molar-refractivity contribution in [1.29, 1.82) is 0 Å². The lowest BCUT2D eigenvalue weighted by molar-refractivity contribution is -0.385. The van der Waals surface area contributed by atoms with Gasteiger partial charge in [-0.25, -0.2) is 0 Å². The van der Waals surface area contributed by atoms with Crippen molar-refractivity contribution < 1.29 is 19.6 Å². The van der Waals surface area contributed by atoms with Gasteiger partial charge in [0.15, 0.2) is 11.4 Å². The zero-order chi connectivity index (χ0) is 15.9. The van der Waals surface area contributed by atoms with E-state index in [2.05, 4.69) is 5.32 Å². The van der Waals surface area contributed by atoms with E-state index in [4.69, 9.17) is 0 Å². The third-order valence-corrected chi connectivity index (χ3v) is 4.23.